The van der Waals surface area contributed by atoms with Crippen LogP contribution in [0.25, 0.3) is 0 Å². The number of hydrogen-bond acceptors (Lipinski definition) is 3. The number of benzene rings is 1. The van der Waals surface area contributed by atoms with Crippen LogP contribution in [-0.2, 0) is 4.79 Å². The average Bonchev–Trinajstić information content (AvgIpc) is 2.41. The molecule has 0 saturated heterocycles. The number of ether oxygens (including phenoxy) is 1. The molecule has 1 aromatic rings. The number of hydrogen-bond donors (Lipinski definition) is 2. The van der Waals surface area contributed by atoms with Gasteiger partial charge in [0.15, 0.2) is 0 Å². The van der Waals surface area contributed by atoms with Crippen molar-refractivity contribution in [2.45, 2.75) is 44.2 Å². The Morgan fingerprint density at radius 2 is 2.20 bits per heavy atom. The monoisotopic (exact) mass is 341 g/mol. The summed E-state index contributed by atoms with van der Waals surface area (Å²) in [7, 11) is 0. The lowest BCUT2D eigenvalue weighted by Gasteiger charge is -2.28. The van der Waals surface area contributed by atoms with E-state index < -0.39 is 6.10 Å². The summed E-state index contributed by atoms with van der Waals surface area (Å²) in [5, 5.41) is 12.7. The highest BCUT2D eigenvalue weighted by Crippen LogP contribution is 2.19. The highest BCUT2D eigenvalue weighted by atomic mass is 79.9. The summed E-state index contributed by atoms with van der Waals surface area (Å²) >= 11 is 3.37. The molecule has 0 radical (unpaired) electrons. The molecule has 1 saturated carbocycles. The molecule has 2 N–H and O–H groups in total. The van der Waals surface area contributed by atoms with Gasteiger partial charge in [0.05, 0.1) is 25.2 Å². The van der Waals surface area contributed by atoms with Crippen molar-refractivity contribution in [3.05, 3.63) is 28.7 Å². The minimum Gasteiger partial charge on any atom is -0.493 e. The van der Waals surface area contributed by atoms with Crippen LogP contribution in [0.15, 0.2) is 28.7 Å². The Labute approximate surface area is 127 Å². The number of amides is 1. The molecule has 0 aromatic heterocycles. The van der Waals surface area contributed by atoms with Crippen LogP contribution < -0.4 is 10.1 Å². The average molecular weight is 342 g/mol. The predicted octanol–water partition coefficient (Wildman–Crippen LogP) is 2.64. The van der Waals surface area contributed by atoms with E-state index in [0.717, 1.165) is 35.9 Å². The number of aliphatic hydroxyl groups excluding tert-OH is 1. The second kappa shape index (κ2) is 7.64. The van der Waals surface area contributed by atoms with Crippen LogP contribution in [0, 0.1) is 0 Å². The second-order valence-electron chi connectivity index (χ2n) is 5.08. The van der Waals surface area contributed by atoms with E-state index in [1.165, 1.54) is 0 Å². The van der Waals surface area contributed by atoms with Gasteiger partial charge in [-0.2, -0.15) is 0 Å². The van der Waals surface area contributed by atoms with E-state index in [4.69, 9.17) is 4.74 Å². The molecule has 5 heteroatoms. The number of nitrogens with one attached hydrogen (secondary N) is 1. The largest absolute Gasteiger partial charge is 0.493 e. The number of halogens is 1. The van der Waals surface area contributed by atoms with Gasteiger partial charge in [-0.1, -0.05) is 34.8 Å². The van der Waals surface area contributed by atoms with Crippen LogP contribution >= 0.6 is 15.9 Å². The quantitative estimate of drug-likeness (QED) is 0.865. The molecule has 0 unspecified atom stereocenters. The third-order valence-corrected chi connectivity index (χ3v) is 3.96. The van der Waals surface area contributed by atoms with Gasteiger partial charge in [-0.25, -0.2) is 0 Å². The highest BCUT2D eigenvalue weighted by molar-refractivity contribution is 9.10. The standard InChI is InChI=1S/C15H20BrNO3/c16-11-4-3-5-12(10-11)20-9-8-15(19)17-13-6-1-2-7-14(13)18/h3-5,10,13-14,18H,1-2,6-9H2,(H,17,19)/t13-,14-/m1/s1. The molecule has 4 nitrogen and oxygen atoms in total. The van der Waals surface area contributed by atoms with Crippen molar-refractivity contribution in [1.29, 1.82) is 0 Å². The first-order chi connectivity index (χ1) is 9.65. The summed E-state index contributed by atoms with van der Waals surface area (Å²) in [6.45, 7) is 0.338. The minimum absolute atomic E-state index is 0.0639. The van der Waals surface area contributed by atoms with Gasteiger partial charge in [-0.05, 0) is 31.0 Å². The van der Waals surface area contributed by atoms with Gasteiger partial charge in [0.25, 0.3) is 0 Å². The third kappa shape index (κ3) is 4.80. The molecule has 0 aliphatic heterocycles. The molecular formula is C15H20BrNO3. The zero-order valence-electron chi connectivity index (χ0n) is 11.3. The highest BCUT2D eigenvalue weighted by Gasteiger charge is 2.24. The number of carbonyl (C=O) groups excluding carboxylic acids is 1. The number of rotatable bonds is 5. The first-order valence-corrected chi connectivity index (χ1v) is 7.80. The molecule has 1 aliphatic rings. The lowest BCUT2D eigenvalue weighted by atomic mass is 9.92. The van der Waals surface area contributed by atoms with E-state index in [1.54, 1.807) is 0 Å². The molecule has 0 spiro atoms. The normalized spacial score (nSPS) is 22.3. The summed E-state index contributed by atoms with van der Waals surface area (Å²) in [5.41, 5.74) is 0. The third-order valence-electron chi connectivity index (χ3n) is 3.47. The van der Waals surface area contributed by atoms with Crippen LogP contribution in [-0.4, -0.2) is 29.8 Å². The van der Waals surface area contributed by atoms with E-state index in [1.807, 2.05) is 24.3 Å². The fourth-order valence-electron chi connectivity index (χ4n) is 2.38. The SMILES string of the molecule is O=C(CCOc1cccc(Br)c1)N[C@@H]1CCCC[C@H]1O. The summed E-state index contributed by atoms with van der Waals surface area (Å²) in [5.74, 6) is 0.677. The van der Waals surface area contributed by atoms with E-state index >= 15 is 0 Å². The molecule has 2 atom stereocenters. The Bertz CT molecular complexity index is 452. The van der Waals surface area contributed by atoms with Crippen LogP contribution in [0.3, 0.4) is 0 Å². The van der Waals surface area contributed by atoms with E-state index in [0.29, 0.717) is 13.0 Å². The van der Waals surface area contributed by atoms with Crippen molar-refractivity contribution in [3.63, 3.8) is 0 Å². The Kier molecular flexibility index (Phi) is 5.86. The van der Waals surface area contributed by atoms with Crippen LogP contribution in [0.5, 0.6) is 5.75 Å². The first-order valence-electron chi connectivity index (χ1n) is 7.01. The van der Waals surface area contributed by atoms with Crippen molar-refractivity contribution in [1.82, 2.24) is 5.32 Å². The molecule has 0 heterocycles. The molecule has 1 fully saturated rings. The van der Waals surface area contributed by atoms with Gasteiger partial charge in [0, 0.05) is 4.47 Å². The zero-order chi connectivity index (χ0) is 14.4. The lowest BCUT2D eigenvalue weighted by Crippen LogP contribution is -2.45. The maximum Gasteiger partial charge on any atom is 0.223 e. The molecule has 2 rings (SSSR count). The van der Waals surface area contributed by atoms with Crippen LogP contribution in [0.4, 0.5) is 0 Å². The van der Waals surface area contributed by atoms with Gasteiger partial charge in [-0.3, -0.25) is 4.79 Å². The maximum atomic E-state index is 11.8. The van der Waals surface area contributed by atoms with E-state index in [-0.39, 0.29) is 11.9 Å². The molecule has 1 aliphatic carbocycles. The van der Waals surface area contributed by atoms with Gasteiger partial charge in [0.2, 0.25) is 5.91 Å². The fourth-order valence-corrected chi connectivity index (χ4v) is 2.76. The zero-order valence-corrected chi connectivity index (χ0v) is 12.9. The Morgan fingerprint density at radius 1 is 1.40 bits per heavy atom. The molecule has 110 valence electrons. The lowest BCUT2D eigenvalue weighted by molar-refractivity contribution is -0.123. The minimum atomic E-state index is -0.404. The Balaban J connectivity index is 1.70. The van der Waals surface area contributed by atoms with Crippen molar-refractivity contribution in [2.24, 2.45) is 0 Å². The van der Waals surface area contributed by atoms with Crippen molar-refractivity contribution in [3.8, 4) is 5.75 Å². The summed E-state index contributed by atoms with van der Waals surface area (Å²) in [4.78, 5) is 11.8. The first kappa shape index (κ1) is 15.3. The van der Waals surface area contributed by atoms with Crippen molar-refractivity contribution < 1.29 is 14.6 Å². The van der Waals surface area contributed by atoms with Gasteiger partial charge >= 0.3 is 0 Å². The van der Waals surface area contributed by atoms with Gasteiger partial charge < -0.3 is 15.2 Å². The number of carbonyl (C=O) groups is 1. The summed E-state index contributed by atoms with van der Waals surface area (Å²) < 4.78 is 6.47. The molecule has 0 bridgehead atoms. The van der Waals surface area contributed by atoms with Gasteiger partial charge in [-0.15, -0.1) is 0 Å². The molecular weight excluding hydrogens is 322 g/mol. The summed E-state index contributed by atoms with van der Waals surface area (Å²) in [6, 6.07) is 7.43. The van der Waals surface area contributed by atoms with E-state index in [2.05, 4.69) is 21.2 Å². The maximum absolute atomic E-state index is 11.8. The number of aliphatic hydroxyl groups is 1. The predicted molar refractivity (Wildman–Crippen MR) is 80.7 cm³/mol. The molecule has 1 aromatic carbocycles. The molecule has 20 heavy (non-hydrogen) atoms. The summed E-state index contributed by atoms with van der Waals surface area (Å²) in [6.07, 6.45) is 3.64. The second-order valence-corrected chi connectivity index (χ2v) is 6.00. The smallest absolute Gasteiger partial charge is 0.223 e. The van der Waals surface area contributed by atoms with Crippen LogP contribution in [0.1, 0.15) is 32.1 Å². The van der Waals surface area contributed by atoms with Crippen LogP contribution in [0.2, 0.25) is 0 Å². The topological polar surface area (TPSA) is 58.6 Å². The fraction of sp³-hybridized carbons (Fsp3) is 0.533. The Morgan fingerprint density at radius 3 is 2.95 bits per heavy atom. The van der Waals surface area contributed by atoms with Gasteiger partial charge in [0.1, 0.15) is 5.75 Å². The van der Waals surface area contributed by atoms with Crippen molar-refractivity contribution in [2.75, 3.05) is 6.61 Å². The van der Waals surface area contributed by atoms with Crippen molar-refractivity contribution >= 4 is 21.8 Å². The van der Waals surface area contributed by atoms with E-state index in [9.17, 15) is 9.90 Å². The Hall–Kier alpha value is -1.07. The molecule has 1 amide bonds.